The van der Waals surface area contributed by atoms with Crippen LogP contribution < -0.4 is 10.6 Å². The Hall–Kier alpha value is -1.71. The molecule has 0 aliphatic carbocycles. The summed E-state index contributed by atoms with van der Waals surface area (Å²) in [5.41, 5.74) is 8.24. The maximum atomic E-state index is 11.7. The fraction of sp³-hybridized carbons (Fsp3) is 0.562. The first-order valence-electron chi connectivity index (χ1n) is 6.98. The molecule has 0 heterocycles. The van der Waals surface area contributed by atoms with E-state index >= 15 is 0 Å². The van der Waals surface area contributed by atoms with Gasteiger partial charge < -0.3 is 15.4 Å². The maximum Gasteiger partial charge on any atom is 0.338 e. The smallest absolute Gasteiger partial charge is 0.338 e. The zero-order valence-electron chi connectivity index (χ0n) is 13.4. The Morgan fingerprint density at radius 2 is 2.00 bits per heavy atom. The number of esters is 1. The Bertz CT molecular complexity index is 478. The molecule has 0 saturated carbocycles. The molecule has 4 heteroatoms. The second-order valence-corrected chi connectivity index (χ2v) is 6.15. The van der Waals surface area contributed by atoms with Gasteiger partial charge in [0, 0.05) is 13.1 Å². The Balaban J connectivity index is 3.02. The molecule has 1 aromatic carbocycles. The zero-order chi connectivity index (χ0) is 15.5. The first kappa shape index (κ1) is 16.3. The van der Waals surface area contributed by atoms with Crippen molar-refractivity contribution >= 4 is 17.3 Å². The Morgan fingerprint density at radius 1 is 1.40 bits per heavy atom. The predicted molar refractivity (Wildman–Crippen MR) is 84.1 cm³/mol. The monoisotopic (exact) mass is 278 g/mol. The van der Waals surface area contributed by atoms with E-state index in [2.05, 4.69) is 32.6 Å². The lowest BCUT2D eigenvalue weighted by molar-refractivity contribution is 0.0526. The Kier molecular flexibility index (Phi) is 5.03. The number of nitrogen functional groups attached to an aromatic ring is 1. The van der Waals surface area contributed by atoms with Crippen molar-refractivity contribution in [3.8, 4) is 0 Å². The van der Waals surface area contributed by atoms with Gasteiger partial charge in [0.15, 0.2) is 0 Å². The lowest BCUT2D eigenvalue weighted by Gasteiger charge is -2.37. The van der Waals surface area contributed by atoms with Crippen molar-refractivity contribution < 1.29 is 9.53 Å². The Morgan fingerprint density at radius 3 is 2.45 bits per heavy atom. The van der Waals surface area contributed by atoms with E-state index in [1.807, 2.05) is 13.1 Å². The number of benzene rings is 1. The maximum absolute atomic E-state index is 11.7. The van der Waals surface area contributed by atoms with E-state index in [1.165, 1.54) is 0 Å². The van der Waals surface area contributed by atoms with Crippen LogP contribution >= 0.6 is 0 Å². The molecule has 0 radical (unpaired) electrons. The fourth-order valence-corrected chi connectivity index (χ4v) is 2.01. The molecule has 0 aliphatic heterocycles. The third-order valence-corrected chi connectivity index (χ3v) is 3.75. The topological polar surface area (TPSA) is 55.6 Å². The van der Waals surface area contributed by atoms with E-state index in [0.29, 0.717) is 23.9 Å². The van der Waals surface area contributed by atoms with Gasteiger partial charge in [-0.25, -0.2) is 4.79 Å². The highest BCUT2D eigenvalue weighted by atomic mass is 16.5. The minimum Gasteiger partial charge on any atom is -0.462 e. The third kappa shape index (κ3) is 3.65. The van der Waals surface area contributed by atoms with Gasteiger partial charge in [0.2, 0.25) is 0 Å². The molecular weight excluding hydrogens is 252 g/mol. The largest absolute Gasteiger partial charge is 0.462 e. The first-order chi connectivity index (χ1) is 9.18. The van der Waals surface area contributed by atoms with Crippen molar-refractivity contribution in [2.24, 2.45) is 5.41 Å². The van der Waals surface area contributed by atoms with Crippen LogP contribution in [0, 0.1) is 5.41 Å². The summed E-state index contributed by atoms with van der Waals surface area (Å²) in [6, 6.07) is 5.64. The van der Waals surface area contributed by atoms with Gasteiger partial charge in [-0.3, -0.25) is 0 Å². The number of carbonyl (C=O) groups is 1. The van der Waals surface area contributed by atoms with Crippen molar-refractivity contribution in [3.05, 3.63) is 23.8 Å². The molecule has 0 saturated heterocycles. The zero-order valence-corrected chi connectivity index (χ0v) is 13.4. The van der Waals surface area contributed by atoms with Crippen LogP contribution in [-0.4, -0.2) is 25.7 Å². The van der Waals surface area contributed by atoms with E-state index in [-0.39, 0.29) is 11.4 Å². The summed E-state index contributed by atoms with van der Waals surface area (Å²) in [7, 11) is 2.02. The van der Waals surface area contributed by atoms with Crippen LogP contribution in [0.15, 0.2) is 18.2 Å². The standard InChI is InChI=1S/C16H26N2O2/c1-7-20-15(19)12-8-9-14(13(17)10-12)18(6)11(2)16(3,4)5/h8-11H,7,17H2,1-6H3. The highest BCUT2D eigenvalue weighted by molar-refractivity contribution is 5.92. The number of nitrogens with two attached hydrogens (primary N) is 1. The van der Waals surface area contributed by atoms with Crippen LogP contribution in [0.1, 0.15) is 45.0 Å². The van der Waals surface area contributed by atoms with Gasteiger partial charge in [-0.1, -0.05) is 20.8 Å². The van der Waals surface area contributed by atoms with Crippen LogP contribution in [-0.2, 0) is 4.74 Å². The number of nitrogens with zero attached hydrogens (tertiary/aromatic N) is 1. The second kappa shape index (κ2) is 6.16. The van der Waals surface area contributed by atoms with Crippen molar-refractivity contribution in [2.75, 3.05) is 24.3 Å². The van der Waals surface area contributed by atoms with Crippen LogP contribution in [0.2, 0.25) is 0 Å². The van der Waals surface area contributed by atoms with E-state index < -0.39 is 0 Å². The van der Waals surface area contributed by atoms with Gasteiger partial charge in [0.1, 0.15) is 0 Å². The van der Waals surface area contributed by atoms with Gasteiger partial charge in [-0.05, 0) is 37.5 Å². The third-order valence-electron chi connectivity index (χ3n) is 3.75. The minimum absolute atomic E-state index is 0.140. The van der Waals surface area contributed by atoms with Crippen molar-refractivity contribution in [1.29, 1.82) is 0 Å². The SMILES string of the molecule is CCOC(=O)c1ccc(N(C)C(C)C(C)(C)C)c(N)c1. The van der Waals surface area contributed by atoms with Gasteiger partial charge in [0.25, 0.3) is 0 Å². The quantitative estimate of drug-likeness (QED) is 0.678. The molecule has 2 N–H and O–H groups in total. The highest BCUT2D eigenvalue weighted by Crippen LogP contribution is 2.31. The summed E-state index contributed by atoms with van der Waals surface area (Å²) in [6.07, 6.45) is 0. The van der Waals surface area contributed by atoms with Crippen molar-refractivity contribution in [3.63, 3.8) is 0 Å². The van der Waals surface area contributed by atoms with E-state index in [0.717, 1.165) is 5.69 Å². The molecule has 1 aromatic rings. The molecule has 4 nitrogen and oxygen atoms in total. The molecule has 0 spiro atoms. The Labute approximate surface area is 121 Å². The number of hydrogen-bond donors (Lipinski definition) is 1. The van der Waals surface area contributed by atoms with Crippen LogP contribution in [0.4, 0.5) is 11.4 Å². The number of ether oxygens (including phenoxy) is 1. The van der Waals surface area contributed by atoms with Crippen LogP contribution in [0.5, 0.6) is 0 Å². The molecule has 1 rings (SSSR count). The summed E-state index contributed by atoms with van der Waals surface area (Å²) >= 11 is 0. The van der Waals surface area contributed by atoms with Gasteiger partial charge in [-0.2, -0.15) is 0 Å². The number of anilines is 2. The normalized spacial score (nSPS) is 12.9. The van der Waals surface area contributed by atoms with Gasteiger partial charge >= 0.3 is 5.97 Å². The number of rotatable bonds is 4. The number of hydrogen-bond acceptors (Lipinski definition) is 4. The summed E-state index contributed by atoms with van der Waals surface area (Å²) in [6.45, 7) is 10.9. The van der Waals surface area contributed by atoms with Crippen molar-refractivity contribution in [2.45, 2.75) is 40.7 Å². The molecule has 0 bridgehead atoms. The van der Waals surface area contributed by atoms with Gasteiger partial charge in [0.05, 0.1) is 23.5 Å². The lowest BCUT2D eigenvalue weighted by Crippen LogP contribution is -2.39. The predicted octanol–water partition coefficient (Wildman–Crippen LogP) is 3.32. The molecule has 1 unspecified atom stereocenters. The molecule has 0 aromatic heterocycles. The van der Waals surface area contributed by atoms with Crippen LogP contribution in [0.25, 0.3) is 0 Å². The molecule has 0 amide bonds. The van der Waals surface area contributed by atoms with E-state index in [4.69, 9.17) is 10.5 Å². The minimum atomic E-state index is -0.336. The van der Waals surface area contributed by atoms with Crippen molar-refractivity contribution in [1.82, 2.24) is 0 Å². The average molecular weight is 278 g/mol. The summed E-state index contributed by atoms with van der Waals surface area (Å²) < 4.78 is 4.98. The van der Waals surface area contributed by atoms with Crippen LogP contribution in [0.3, 0.4) is 0 Å². The lowest BCUT2D eigenvalue weighted by atomic mass is 9.87. The first-order valence-corrected chi connectivity index (χ1v) is 6.98. The molecule has 0 aliphatic rings. The van der Waals surface area contributed by atoms with Gasteiger partial charge in [-0.15, -0.1) is 0 Å². The summed E-state index contributed by atoms with van der Waals surface area (Å²) in [4.78, 5) is 13.8. The molecule has 112 valence electrons. The number of carbonyl (C=O) groups excluding carboxylic acids is 1. The fourth-order valence-electron chi connectivity index (χ4n) is 2.01. The molecule has 0 fully saturated rings. The summed E-state index contributed by atoms with van der Waals surface area (Å²) in [5, 5.41) is 0. The summed E-state index contributed by atoms with van der Waals surface area (Å²) in [5.74, 6) is -0.336. The second-order valence-electron chi connectivity index (χ2n) is 6.15. The molecule has 1 atom stereocenters. The highest BCUT2D eigenvalue weighted by Gasteiger charge is 2.25. The average Bonchev–Trinajstić information content (AvgIpc) is 2.36. The van der Waals surface area contributed by atoms with E-state index in [9.17, 15) is 4.79 Å². The molecule has 20 heavy (non-hydrogen) atoms. The van der Waals surface area contributed by atoms with E-state index in [1.54, 1.807) is 19.1 Å². The molecular formula is C16H26N2O2.